The first-order valence-corrected chi connectivity index (χ1v) is 10.5. The first-order chi connectivity index (χ1) is 14.0. The van der Waals surface area contributed by atoms with Crippen molar-refractivity contribution in [2.24, 2.45) is 0 Å². The molecule has 0 atom stereocenters. The van der Waals surface area contributed by atoms with Crippen molar-refractivity contribution in [3.05, 3.63) is 57.9 Å². The van der Waals surface area contributed by atoms with Crippen LogP contribution in [0, 0.1) is 13.8 Å². The maximum absolute atomic E-state index is 12.2. The molecule has 0 unspecified atom stereocenters. The Hall–Kier alpha value is -2.57. The van der Waals surface area contributed by atoms with E-state index in [4.69, 9.17) is 21.1 Å². The second-order valence-corrected chi connectivity index (χ2v) is 7.88. The predicted octanol–water partition coefficient (Wildman–Crippen LogP) is 5.89. The van der Waals surface area contributed by atoms with Gasteiger partial charge in [-0.25, -0.2) is 4.98 Å². The first-order valence-electron chi connectivity index (χ1n) is 9.25. The highest BCUT2D eigenvalue weighted by atomic mass is 35.5. The fraction of sp³-hybridized carbons (Fsp3) is 0.273. The molecule has 7 heteroatoms. The average Bonchev–Trinajstić information content (AvgIpc) is 3.17. The molecule has 0 aliphatic carbocycles. The average molecular weight is 431 g/mol. The third kappa shape index (κ3) is 5.71. The summed E-state index contributed by atoms with van der Waals surface area (Å²) < 4.78 is 11.0. The van der Waals surface area contributed by atoms with Crippen LogP contribution in [0.2, 0.25) is 5.02 Å². The van der Waals surface area contributed by atoms with Crippen molar-refractivity contribution in [1.29, 1.82) is 0 Å². The van der Waals surface area contributed by atoms with Gasteiger partial charge in [0.2, 0.25) is 5.91 Å². The zero-order valence-electron chi connectivity index (χ0n) is 16.6. The van der Waals surface area contributed by atoms with Crippen LogP contribution in [0.25, 0.3) is 11.3 Å². The molecule has 3 rings (SSSR count). The molecule has 3 aromatic rings. The van der Waals surface area contributed by atoms with Crippen molar-refractivity contribution >= 4 is 34.0 Å². The third-order valence-electron chi connectivity index (χ3n) is 4.34. The van der Waals surface area contributed by atoms with E-state index in [2.05, 4.69) is 10.3 Å². The van der Waals surface area contributed by atoms with Crippen molar-refractivity contribution in [1.82, 2.24) is 4.98 Å². The molecule has 1 N–H and O–H groups in total. The number of benzene rings is 2. The van der Waals surface area contributed by atoms with Crippen LogP contribution in [0.4, 0.5) is 5.13 Å². The number of carbonyl (C=O) groups excluding carboxylic acids is 1. The van der Waals surface area contributed by atoms with E-state index in [1.54, 1.807) is 7.11 Å². The van der Waals surface area contributed by atoms with Crippen molar-refractivity contribution < 1.29 is 14.3 Å². The SMILES string of the molecule is COc1cccc(-c2csc(NC(=O)CCCOc3cc(C)c(Cl)c(C)c3)n2)c1. The number of carbonyl (C=O) groups is 1. The molecule has 0 saturated carbocycles. The molecule has 1 amide bonds. The molecule has 2 aromatic carbocycles. The lowest BCUT2D eigenvalue weighted by atomic mass is 10.1. The maximum Gasteiger partial charge on any atom is 0.226 e. The summed E-state index contributed by atoms with van der Waals surface area (Å²) in [6.45, 7) is 4.35. The lowest BCUT2D eigenvalue weighted by Crippen LogP contribution is -2.12. The van der Waals surface area contributed by atoms with E-state index < -0.39 is 0 Å². The van der Waals surface area contributed by atoms with Gasteiger partial charge in [-0.2, -0.15) is 0 Å². The third-order valence-corrected chi connectivity index (χ3v) is 5.70. The Kier molecular flexibility index (Phi) is 7.12. The summed E-state index contributed by atoms with van der Waals surface area (Å²) in [5, 5.41) is 6.10. The van der Waals surface area contributed by atoms with E-state index >= 15 is 0 Å². The number of nitrogens with zero attached hydrogens (tertiary/aromatic N) is 1. The lowest BCUT2D eigenvalue weighted by Gasteiger charge is -2.09. The Morgan fingerprint density at radius 2 is 1.93 bits per heavy atom. The molecule has 0 spiro atoms. The number of halogens is 1. The van der Waals surface area contributed by atoms with E-state index in [1.165, 1.54) is 11.3 Å². The topological polar surface area (TPSA) is 60.5 Å². The summed E-state index contributed by atoms with van der Waals surface area (Å²) in [6, 6.07) is 11.5. The van der Waals surface area contributed by atoms with Gasteiger partial charge >= 0.3 is 0 Å². The number of hydrogen-bond donors (Lipinski definition) is 1. The fourth-order valence-corrected chi connectivity index (χ4v) is 3.69. The number of aryl methyl sites for hydroxylation is 2. The van der Waals surface area contributed by atoms with E-state index in [-0.39, 0.29) is 5.91 Å². The molecule has 1 heterocycles. The van der Waals surface area contributed by atoms with Crippen LogP contribution < -0.4 is 14.8 Å². The number of thiazole rings is 1. The van der Waals surface area contributed by atoms with Crippen LogP contribution in [0.1, 0.15) is 24.0 Å². The van der Waals surface area contributed by atoms with E-state index in [0.29, 0.717) is 24.6 Å². The number of ether oxygens (including phenoxy) is 2. The van der Waals surface area contributed by atoms with Crippen LogP contribution in [0.15, 0.2) is 41.8 Å². The van der Waals surface area contributed by atoms with Crippen LogP contribution in [0.3, 0.4) is 0 Å². The molecule has 0 bridgehead atoms. The first kappa shape index (κ1) is 21.1. The maximum atomic E-state index is 12.2. The van der Waals surface area contributed by atoms with Crippen molar-refractivity contribution in [3.63, 3.8) is 0 Å². The minimum Gasteiger partial charge on any atom is -0.497 e. The molecule has 0 radical (unpaired) electrons. The van der Waals surface area contributed by atoms with Gasteiger partial charge in [0.05, 0.1) is 19.4 Å². The minimum atomic E-state index is -0.0800. The van der Waals surface area contributed by atoms with Gasteiger partial charge in [0.15, 0.2) is 5.13 Å². The van der Waals surface area contributed by atoms with Crippen molar-refractivity contribution in [2.75, 3.05) is 19.0 Å². The number of nitrogens with one attached hydrogen (secondary N) is 1. The molecule has 1 aromatic heterocycles. The zero-order chi connectivity index (χ0) is 20.8. The second-order valence-electron chi connectivity index (χ2n) is 6.64. The molecular weight excluding hydrogens is 408 g/mol. The number of amides is 1. The number of aromatic nitrogens is 1. The molecule has 5 nitrogen and oxygen atoms in total. The molecule has 152 valence electrons. The van der Waals surface area contributed by atoms with Gasteiger partial charge in [0.1, 0.15) is 11.5 Å². The summed E-state index contributed by atoms with van der Waals surface area (Å²) in [7, 11) is 1.63. The summed E-state index contributed by atoms with van der Waals surface area (Å²) in [6.07, 6.45) is 0.973. The standard InChI is InChI=1S/C22H23ClN2O3S/c1-14-10-18(11-15(2)21(14)23)28-9-5-8-20(26)25-22-24-19(13-29-22)16-6-4-7-17(12-16)27-3/h4,6-7,10-13H,5,8-9H2,1-3H3,(H,24,25,26). The van der Waals surface area contributed by atoms with Crippen molar-refractivity contribution in [3.8, 4) is 22.8 Å². The normalized spacial score (nSPS) is 10.6. The van der Waals surface area contributed by atoms with E-state index in [1.807, 2.05) is 55.6 Å². The minimum absolute atomic E-state index is 0.0800. The summed E-state index contributed by atoms with van der Waals surface area (Å²) in [4.78, 5) is 16.7. The summed E-state index contributed by atoms with van der Waals surface area (Å²) in [5.74, 6) is 1.46. The quantitative estimate of drug-likeness (QED) is 0.453. The summed E-state index contributed by atoms with van der Waals surface area (Å²) >= 11 is 7.56. The highest BCUT2D eigenvalue weighted by Crippen LogP contribution is 2.28. The zero-order valence-corrected chi connectivity index (χ0v) is 18.2. The Labute approximate surface area is 179 Å². The molecule has 0 aliphatic rings. The van der Waals surface area contributed by atoms with Crippen LogP contribution in [-0.2, 0) is 4.79 Å². The Morgan fingerprint density at radius 3 is 2.66 bits per heavy atom. The van der Waals surface area contributed by atoms with Crippen LogP contribution in [0.5, 0.6) is 11.5 Å². The van der Waals surface area contributed by atoms with Gasteiger partial charge in [-0.15, -0.1) is 11.3 Å². The Balaban J connectivity index is 1.47. The monoisotopic (exact) mass is 430 g/mol. The molecule has 0 saturated heterocycles. The Morgan fingerprint density at radius 1 is 1.17 bits per heavy atom. The van der Waals surface area contributed by atoms with Gasteiger partial charge in [0, 0.05) is 22.4 Å². The number of anilines is 1. The smallest absolute Gasteiger partial charge is 0.226 e. The van der Waals surface area contributed by atoms with Crippen LogP contribution >= 0.6 is 22.9 Å². The van der Waals surface area contributed by atoms with Gasteiger partial charge in [-0.1, -0.05) is 23.7 Å². The van der Waals surface area contributed by atoms with Crippen LogP contribution in [-0.4, -0.2) is 24.6 Å². The van der Waals surface area contributed by atoms with Gasteiger partial charge in [0.25, 0.3) is 0 Å². The molecule has 29 heavy (non-hydrogen) atoms. The fourth-order valence-electron chi connectivity index (χ4n) is 2.84. The molecule has 0 aliphatic heterocycles. The van der Waals surface area contributed by atoms with Crippen molar-refractivity contribution in [2.45, 2.75) is 26.7 Å². The summed E-state index contributed by atoms with van der Waals surface area (Å²) in [5.41, 5.74) is 3.72. The number of methoxy groups -OCH3 is 1. The van der Waals surface area contributed by atoms with E-state index in [0.717, 1.165) is 38.9 Å². The largest absolute Gasteiger partial charge is 0.497 e. The number of hydrogen-bond acceptors (Lipinski definition) is 5. The van der Waals surface area contributed by atoms with Gasteiger partial charge in [-0.3, -0.25) is 4.79 Å². The van der Waals surface area contributed by atoms with Gasteiger partial charge in [-0.05, 0) is 55.7 Å². The lowest BCUT2D eigenvalue weighted by molar-refractivity contribution is -0.116. The highest BCUT2D eigenvalue weighted by Gasteiger charge is 2.09. The predicted molar refractivity (Wildman–Crippen MR) is 118 cm³/mol. The molecule has 0 fully saturated rings. The number of rotatable bonds is 8. The Bertz CT molecular complexity index is 980. The van der Waals surface area contributed by atoms with E-state index in [9.17, 15) is 4.79 Å². The highest BCUT2D eigenvalue weighted by molar-refractivity contribution is 7.14. The molecular formula is C22H23ClN2O3S. The van der Waals surface area contributed by atoms with Gasteiger partial charge < -0.3 is 14.8 Å². The second kappa shape index (κ2) is 9.76.